The van der Waals surface area contributed by atoms with E-state index in [9.17, 15) is 4.79 Å². The lowest BCUT2D eigenvalue weighted by Crippen LogP contribution is -2.39. The van der Waals surface area contributed by atoms with Crippen LogP contribution in [0.1, 0.15) is 36.8 Å². The molecule has 1 saturated heterocycles. The highest BCUT2D eigenvalue weighted by molar-refractivity contribution is 5.82. The Morgan fingerprint density at radius 1 is 1.35 bits per heavy atom. The minimum absolute atomic E-state index is 0.164. The van der Waals surface area contributed by atoms with Crippen molar-refractivity contribution in [1.82, 2.24) is 10.3 Å². The van der Waals surface area contributed by atoms with Gasteiger partial charge in [0.25, 0.3) is 0 Å². The van der Waals surface area contributed by atoms with Crippen molar-refractivity contribution in [2.24, 2.45) is 11.6 Å². The summed E-state index contributed by atoms with van der Waals surface area (Å²) in [4.78, 5) is 13.9. The number of hydrogen-bond acceptors (Lipinski definition) is 4. The lowest BCUT2D eigenvalue weighted by molar-refractivity contribution is -0.122. The molecule has 20 heavy (non-hydrogen) atoms. The molecule has 2 rings (SSSR count). The maximum absolute atomic E-state index is 11.5. The van der Waals surface area contributed by atoms with Gasteiger partial charge in [0.15, 0.2) is 0 Å². The quantitative estimate of drug-likeness (QED) is 0.429. The van der Waals surface area contributed by atoms with Gasteiger partial charge >= 0.3 is 0 Å². The van der Waals surface area contributed by atoms with Gasteiger partial charge in [0.1, 0.15) is 0 Å². The van der Waals surface area contributed by atoms with Crippen molar-refractivity contribution in [3.8, 4) is 0 Å². The molecule has 0 saturated carbocycles. The molecule has 0 spiro atoms. The van der Waals surface area contributed by atoms with Crippen molar-refractivity contribution in [2.45, 2.75) is 38.3 Å². The van der Waals surface area contributed by atoms with E-state index in [1.807, 2.05) is 19.1 Å². The summed E-state index contributed by atoms with van der Waals surface area (Å²) >= 11 is 0. The van der Waals surface area contributed by atoms with Gasteiger partial charge in [0, 0.05) is 12.6 Å². The molecule has 1 aliphatic rings. The third-order valence-electron chi connectivity index (χ3n) is 4.05. The highest BCUT2D eigenvalue weighted by Crippen LogP contribution is 2.18. The summed E-state index contributed by atoms with van der Waals surface area (Å²) in [6.07, 6.45) is 2.15. The molecular formula is C15H24N4O. The van der Waals surface area contributed by atoms with E-state index in [1.54, 1.807) is 0 Å². The van der Waals surface area contributed by atoms with Crippen LogP contribution in [0.15, 0.2) is 24.3 Å². The molecule has 5 nitrogen and oxygen atoms in total. The van der Waals surface area contributed by atoms with Gasteiger partial charge in [-0.05, 0) is 44.0 Å². The van der Waals surface area contributed by atoms with Crippen LogP contribution in [0.5, 0.6) is 0 Å². The molecule has 1 fully saturated rings. The van der Waals surface area contributed by atoms with Crippen LogP contribution in [-0.2, 0) is 11.3 Å². The van der Waals surface area contributed by atoms with E-state index in [-0.39, 0.29) is 11.8 Å². The molecule has 5 heteroatoms. The minimum atomic E-state index is -0.220. The Bertz CT molecular complexity index is 438. The van der Waals surface area contributed by atoms with Gasteiger partial charge in [-0.2, -0.15) is 0 Å². The molecule has 1 aromatic carbocycles. The molecule has 5 N–H and O–H groups in total. The van der Waals surface area contributed by atoms with Crippen LogP contribution in [0.25, 0.3) is 0 Å². The molecule has 0 bridgehead atoms. The Morgan fingerprint density at radius 2 is 1.95 bits per heavy atom. The molecule has 0 radical (unpaired) electrons. The normalized spacial score (nSPS) is 18.8. The predicted molar refractivity (Wildman–Crippen MR) is 79.7 cm³/mol. The number of likely N-dealkylation sites (tertiary alicyclic amines) is 1. The maximum Gasteiger partial charge on any atom is 0.241 e. The van der Waals surface area contributed by atoms with Crippen LogP contribution in [0.2, 0.25) is 0 Å². The van der Waals surface area contributed by atoms with E-state index >= 15 is 0 Å². The van der Waals surface area contributed by atoms with Crippen LogP contribution < -0.4 is 17.0 Å². The zero-order chi connectivity index (χ0) is 14.5. The zero-order valence-electron chi connectivity index (χ0n) is 12.0. The maximum atomic E-state index is 11.5. The van der Waals surface area contributed by atoms with Gasteiger partial charge < -0.3 is 5.73 Å². The van der Waals surface area contributed by atoms with Crippen LogP contribution in [0.4, 0.5) is 0 Å². The summed E-state index contributed by atoms with van der Waals surface area (Å²) in [5.41, 5.74) is 10.4. The van der Waals surface area contributed by atoms with Crippen LogP contribution in [-0.4, -0.2) is 29.9 Å². The number of rotatable bonds is 4. The van der Waals surface area contributed by atoms with Crippen molar-refractivity contribution in [2.75, 3.05) is 13.1 Å². The molecule has 0 aromatic heterocycles. The standard InChI is InChI=1S/C15H24N4O/c1-11(15(20)18-17)13-4-2-12(3-5-13)10-19-8-6-14(16)7-9-19/h2-5,11,14H,6-10,16-17H2,1H3,(H,18,20). The molecule has 1 heterocycles. The first-order chi connectivity index (χ1) is 9.60. The second-order valence-electron chi connectivity index (χ2n) is 5.59. The molecule has 1 aliphatic heterocycles. The van der Waals surface area contributed by atoms with Crippen LogP contribution in [0.3, 0.4) is 0 Å². The number of amides is 1. The zero-order valence-corrected chi connectivity index (χ0v) is 12.0. The van der Waals surface area contributed by atoms with E-state index in [4.69, 9.17) is 11.6 Å². The van der Waals surface area contributed by atoms with Crippen molar-refractivity contribution < 1.29 is 4.79 Å². The fourth-order valence-electron chi connectivity index (χ4n) is 2.56. The number of carbonyl (C=O) groups excluding carboxylic acids is 1. The van der Waals surface area contributed by atoms with Gasteiger partial charge in [-0.15, -0.1) is 0 Å². The Kier molecular flexibility index (Phi) is 5.11. The smallest absolute Gasteiger partial charge is 0.241 e. The Labute approximate surface area is 120 Å². The monoisotopic (exact) mass is 276 g/mol. The first-order valence-electron chi connectivity index (χ1n) is 7.17. The van der Waals surface area contributed by atoms with Gasteiger partial charge in [-0.25, -0.2) is 5.84 Å². The number of benzene rings is 1. The molecular weight excluding hydrogens is 252 g/mol. The molecule has 1 amide bonds. The van der Waals surface area contributed by atoms with Crippen LogP contribution in [0, 0.1) is 0 Å². The number of carbonyl (C=O) groups is 1. The van der Waals surface area contributed by atoms with E-state index in [0.29, 0.717) is 6.04 Å². The number of nitrogens with two attached hydrogens (primary N) is 2. The average molecular weight is 276 g/mol. The van der Waals surface area contributed by atoms with Gasteiger partial charge in [-0.3, -0.25) is 15.1 Å². The lowest BCUT2D eigenvalue weighted by atomic mass is 9.99. The van der Waals surface area contributed by atoms with E-state index in [0.717, 1.165) is 38.0 Å². The van der Waals surface area contributed by atoms with E-state index < -0.39 is 0 Å². The van der Waals surface area contributed by atoms with Crippen molar-refractivity contribution in [3.63, 3.8) is 0 Å². The second kappa shape index (κ2) is 6.83. The lowest BCUT2D eigenvalue weighted by Gasteiger charge is -2.30. The molecule has 110 valence electrons. The summed E-state index contributed by atoms with van der Waals surface area (Å²) in [6.45, 7) is 4.93. The molecule has 1 atom stereocenters. The average Bonchev–Trinajstić information content (AvgIpc) is 2.49. The summed E-state index contributed by atoms with van der Waals surface area (Å²) in [7, 11) is 0. The van der Waals surface area contributed by atoms with Crippen molar-refractivity contribution in [3.05, 3.63) is 35.4 Å². The summed E-state index contributed by atoms with van der Waals surface area (Å²) < 4.78 is 0. The Hall–Kier alpha value is -1.43. The first-order valence-corrected chi connectivity index (χ1v) is 7.17. The Balaban J connectivity index is 1.93. The van der Waals surface area contributed by atoms with E-state index in [2.05, 4.69) is 22.5 Å². The second-order valence-corrected chi connectivity index (χ2v) is 5.59. The summed E-state index contributed by atoms with van der Waals surface area (Å²) in [5, 5.41) is 0. The predicted octanol–water partition coefficient (Wildman–Crippen LogP) is 0.703. The number of nitrogens with zero attached hydrogens (tertiary/aromatic N) is 1. The Morgan fingerprint density at radius 3 is 2.50 bits per heavy atom. The van der Waals surface area contributed by atoms with Gasteiger partial charge in [-0.1, -0.05) is 24.3 Å². The number of hydrogen-bond donors (Lipinski definition) is 3. The fraction of sp³-hybridized carbons (Fsp3) is 0.533. The van der Waals surface area contributed by atoms with Crippen LogP contribution >= 0.6 is 0 Å². The van der Waals surface area contributed by atoms with Crippen molar-refractivity contribution in [1.29, 1.82) is 0 Å². The first kappa shape index (κ1) is 15.0. The molecule has 1 aromatic rings. The highest BCUT2D eigenvalue weighted by atomic mass is 16.2. The number of nitrogens with one attached hydrogen (secondary N) is 1. The molecule has 0 aliphatic carbocycles. The molecule has 1 unspecified atom stereocenters. The third-order valence-corrected chi connectivity index (χ3v) is 4.05. The van der Waals surface area contributed by atoms with Gasteiger partial charge in [0.05, 0.1) is 5.92 Å². The number of hydrazine groups is 1. The fourth-order valence-corrected chi connectivity index (χ4v) is 2.56. The van der Waals surface area contributed by atoms with Gasteiger partial charge in [0.2, 0.25) is 5.91 Å². The van der Waals surface area contributed by atoms with E-state index in [1.165, 1.54) is 5.56 Å². The SMILES string of the molecule is CC(C(=O)NN)c1ccc(CN2CCC(N)CC2)cc1. The summed E-state index contributed by atoms with van der Waals surface area (Å²) in [5.74, 6) is 4.77. The number of piperidine rings is 1. The largest absolute Gasteiger partial charge is 0.328 e. The highest BCUT2D eigenvalue weighted by Gasteiger charge is 2.17. The third kappa shape index (κ3) is 3.79. The minimum Gasteiger partial charge on any atom is -0.328 e. The van der Waals surface area contributed by atoms with Crippen molar-refractivity contribution >= 4 is 5.91 Å². The summed E-state index contributed by atoms with van der Waals surface area (Å²) in [6, 6.07) is 8.55. The topological polar surface area (TPSA) is 84.4 Å².